The number of amides is 1. The number of piperidine rings is 1. The monoisotopic (exact) mass is 379 g/mol. The smallest absolute Gasteiger partial charge is 0.230 e. The van der Waals surface area contributed by atoms with Gasteiger partial charge < -0.3 is 14.4 Å². The minimum Gasteiger partial charge on any atom is -0.493 e. The number of rotatable bonds is 4. The van der Waals surface area contributed by atoms with E-state index in [1.54, 1.807) is 7.11 Å². The van der Waals surface area contributed by atoms with Gasteiger partial charge in [0.1, 0.15) is 6.10 Å². The second-order valence-electron chi connectivity index (χ2n) is 8.58. The highest BCUT2D eigenvalue weighted by Gasteiger charge is 2.42. The molecule has 2 aliphatic rings. The molecule has 2 aromatic carbocycles. The van der Waals surface area contributed by atoms with E-state index in [4.69, 9.17) is 9.47 Å². The Morgan fingerprint density at radius 1 is 1.04 bits per heavy atom. The first-order valence-electron chi connectivity index (χ1n) is 10.2. The van der Waals surface area contributed by atoms with Crippen molar-refractivity contribution in [1.29, 1.82) is 0 Å². The fourth-order valence-electron chi connectivity index (χ4n) is 4.65. The van der Waals surface area contributed by atoms with Gasteiger partial charge in [0.05, 0.1) is 13.0 Å². The van der Waals surface area contributed by atoms with Crippen molar-refractivity contribution in [1.82, 2.24) is 4.90 Å². The Bertz CT molecular complexity index is 860. The number of aryl methyl sites for hydroxylation is 1. The Hall–Kier alpha value is -2.49. The number of likely N-dealkylation sites (tertiary alicyclic amines) is 1. The fraction of sp³-hybridized carbons (Fsp3) is 0.458. The lowest BCUT2D eigenvalue weighted by Crippen LogP contribution is -2.53. The zero-order valence-electron chi connectivity index (χ0n) is 17.0. The van der Waals surface area contributed by atoms with Gasteiger partial charge in [-0.25, -0.2) is 0 Å². The molecule has 0 N–H and O–H groups in total. The maximum absolute atomic E-state index is 13.3. The van der Waals surface area contributed by atoms with Crippen molar-refractivity contribution in [2.45, 2.75) is 45.1 Å². The van der Waals surface area contributed by atoms with E-state index in [0.717, 1.165) is 37.3 Å². The number of hydrogen-bond acceptors (Lipinski definition) is 3. The van der Waals surface area contributed by atoms with Crippen LogP contribution in [0.5, 0.6) is 11.5 Å². The van der Waals surface area contributed by atoms with Crippen molar-refractivity contribution in [2.24, 2.45) is 5.41 Å². The van der Waals surface area contributed by atoms with Crippen LogP contribution in [-0.4, -0.2) is 37.1 Å². The van der Waals surface area contributed by atoms with Gasteiger partial charge in [-0.2, -0.15) is 0 Å². The molecule has 2 aromatic rings. The first kappa shape index (κ1) is 18.9. The van der Waals surface area contributed by atoms with Crippen LogP contribution in [0.3, 0.4) is 0 Å². The van der Waals surface area contributed by atoms with Crippen LogP contribution in [0.1, 0.15) is 43.7 Å². The van der Waals surface area contributed by atoms with Crippen LogP contribution in [0.4, 0.5) is 0 Å². The molecule has 2 unspecified atom stereocenters. The van der Waals surface area contributed by atoms with E-state index in [9.17, 15) is 4.79 Å². The van der Waals surface area contributed by atoms with Gasteiger partial charge in [-0.1, -0.05) is 50.2 Å². The van der Waals surface area contributed by atoms with Gasteiger partial charge in [0.2, 0.25) is 5.91 Å². The molecule has 1 amide bonds. The molecule has 1 fully saturated rings. The molecule has 2 atom stereocenters. The van der Waals surface area contributed by atoms with Crippen LogP contribution in [0.15, 0.2) is 48.5 Å². The van der Waals surface area contributed by atoms with E-state index in [1.165, 1.54) is 11.1 Å². The lowest BCUT2D eigenvalue weighted by Gasteiger charge is -2.44. The van der Waals surface area contributed by atoms with E-state index in [1.807, 2.05) is 30.3 Å². The summed E-state index contributed by atoms with van der Waals surface area (Å²) in [5.74, 6) is 1.80. The molecular weight excluding hydrogens is 350 g/mol. The van der Waals surface area contributed by atoms with Crippen LogP contribution in [0, 0.1) is 5.41 Å². The molecule has 1 aliphatic heterocycles. The molecule has 28 heavy (non-hydrogen) atoms. The zero-order valence-corrected chi connectivity index (χ0v) is 17.0. The molecule has 4 nitrogen and oxygen atoms in total. The summed E-state index contributed by atoms with van der Waals surface area (Å²) in [6.07, 6.45) is 2.80. The van der Waals surface area contributed by atoms with Crippen molar-refractivity contribution in [2.75, 3.05) is 20.2 Å². The minimum absolute atomic E-state index is 0.0127. The number of hydrogen-bond donors (Lipinski definition) is 0. The summed E-state index contributed by atoms with van der Waals surface area (Å²) < 4.78 is 11.8. The maximum Gasteiger partial charge on any atom is 0.230 e. The lowest BCUT2D eigenvalue weighted by molar-refractivity contribution is -0.138. The first-order valence-corrected chi connectivity index (χ1v) is 10.2. The topological polar surface area (TPSA) is 38.8 Å². The Morgan fingerprint density at radius 3 is 2.50 bits per heavy atom. The third kappa shape index (κ3) is 3.48. The molecule has 0 saturated carbocycles. The number of para-hydroxylation sites is 2. The number of fused-ring (bicyclic) bond motifs is 1. The average molecular weight is 380 g/mol. The number of ether oxygens (including phenoxy) is 2. The molecule has 1 aliphatic carbocycles. The largest absolute Gasteiger partial charge is 0.493 e. The van der Waals surface area contributed by atoms with E-state index in [2.05, 4.69) is 36.9 Å². The van der Waals surface area contributed by atoms with Gasteiger partial charge in [-0.05, 0) is 36.1 Å². The highest BCUT2D eigenvalue weighted by atomic mass is 16.5. The minimum atomic E-state index is -0.132. The number of methoxy groups -OCH3 is 1. The van der Waals surface area contributed by atoms with Crippen LogP contribution >= 0.6 is 0 Å². The van der Waals surface area contributed by atoms with Gasteiger partial charge in [-0.15, -0.1) is 0 Å². The molecule has 148 valence electrons. The molecule has 4 heteroatoms. The van der Waals surface area contributed by atoms with Crippen molar-refractivity contribution in [3.05, 3.63) is 59.7 Å². The number of nitrogens with zero attached hydrogens (tertiary/aromatic N) is 1. The van der Waals surface area contributed by atoms with Gasteiger partial charge in [0.15, 0.2) is 11.5 Å². The number of benzene rings is 2. The summed E-state index contributed by atoms with van der Waals surface area (Å²) in [6, 6.07) is 16.1. The molecule has 1 heterocycles. The Kier molecular flexibility index (Phi) is 5.05. The van der Waals surface area contributed by atoms with E-state index >= 15 is 0 Å². The van der Waals surface area contributed by atoms with Crippen molar-refractivity contribution in [3.63, 3.8) is 0 Å². The van der Waals surface area contributed by atoms with Crippen LogP contribution in [-0.2, 0) is 11.2 Å². The first-order chi connectivity index (χ1) is 13.5. The van der Waals surface area contributed by atoms with Crippen molar-refractivity contribution in [3.8, 4) is 11.5 Å². The van der Waals surface area contributed by atoms with Crippen LogP contribution < -0.4 is 9.47 Å². The highest BCUT2D eigenvalue weighted by molar-refractivity contribution is 5.85. The summed E-state index contributed by atoms with van der Waals surface area (Å²) in [5.41, 5.74) is 2.42. The molecule has 0 spiro atoms. The predicted molar refractivity (Wildman–Crippen MR) is 110 cm³/mol. The second kappa shape index (κ2) is 7.50. The summed E-state index contributed by atoms with van der Waals surface area (Å²) in [6.45, 7) is 5.83. The van der Waals surface area contributed by atoms with Gasteiger partial charge >= 0.3 is 0 Å². The van der Waals surface area contributed by atoms with Gasteiger partial charge in [0.25, 0.3) is 0 Å². The van der Waals surface area contributed by atoms with Crippen LogP contribution in [0.2, 0.25) is 0 Å². The van der Waals surface area contributed by atoms with E-state index in [-0.39, 0.29) is 23.3 Å². The molecule has 4 rings (SSSR count). The lowest BCUT2D eigenvalue weighted by atomic mass is 9.80. The number of carbonyl (C=O) groups excluding carboxylic acids is 1. The third-order valence-electron chi connectivity index (χ3n) is 6.21. The summed E-state index contributed by atoms with van der Waals surface area (Å²) in [7, 11) is 1.66. The molecule has 0 aromatic heterocycles. The van der Waals surface area contributed by atoms with Crippen molar-refractivity contribution >= 4 is 5.91 Å². The average Bonchev–Trinajstić information content (AvgIpc) is 3.13. The number of carbonyl (C=O) groups is 1. The SMILES string of the molecule is COc1ccccc1OC1CCN(C(=O)C2CCc3ccccc32)CC1(C)C. The highest BCUT2D eigenvalue weighted by Crippen LogP contribution is 2.39. The maximum atomic E-state index is 13.3. The third-order valence-corrected chi connectivity index (χ3v) is 6.21. The van der Waals surface area contributed by atoms with E-state index < -0.39 is 0 Å². The molecule has 0 radical (unpaired) electrons. The Morgan fingerprint density at radius 2 is 1.75 bits per heavy atom. The fourth-order valence-corrected chi connectivity index (χ4v) is 4.65. The van der Waals surface area contributed by atoms with Gasteiger partial charge in [-0.3, -0.25) is 4.79 Å². The zero-order chi connectivity index (χ0) is 19.7. The molecule has 1 saturated heterocycles. The van der Waals surface area contributed by atoms with E-state index in [0.29, 0.717) is 6.54 Å². The van der Waals surface area contributed by atoms with Crippen LogP contribution in [0.25, 0.3) is 0 Å². The summed E-state index contributed by atoms with van der Waals surface area (Å²) >= 11 is 0. The Balaban J connectivity index is 1.46. The standard InChI is InChI=1S/C24H29NO3/c1-24(2)16-25(23(26)19-13-12-17-8-4-5-9-18(17)19)15-14-22(24)28-21-11-7-6-10-20(21)27-3/h4-11,19,22H,12-16H2,1-3H3. The Labute approximate surface area is 167 Å². The van der Waals surface area contributed by atoms with Gasteiger partial charge in [0, 0.05) is 24.9 Å². The predicted octanol–water partition coefficient (Wildman–Crippen LogP) is 4.43. The normalized spacial score (nSPS) is 23.2. The quantitative estimate of drug-likeness (QED) is 0.789. The summed E-state index contributed by atoms with van der Waals surface area (Å²) in [4.78, 5) is 15.3. The second-order valence-corrected chi connectivity index (χ2v) is 8.58. The van der Waals surface area contributed by atoms with Crippen molar-refractivity contribution < 1.29 is 14.3 Å². The molecular formula is C24H29NO3. The summed E-state index contributed by atoms with van der Waals surface area (Å²) in [5, 5.41) is 0. The molecule has 0 bridgehead atoms.